The second kappa shape index (κ2) is 5.09. The molecular formula is C13H14BrN3OS. The Morgan fingerprint density at radius 3 is 3.11 bits per heavy atom. The standard InChI is InChI=1S/C13H14BrN3OS/c1-16-13(18)12(14)11(7-15-16)17-5-2-3-10(17)9-4-6-19-8-9/h4,6-8,10H,2-3,5H2,1H3/t10-/m0/s1. The van der Waals surface area contributed by atoms with Crippen molar-refractivity contribution in [1.82, 2.24) is 9.78 Å². The lowest BCUT2D eigenvalue weighted by Crippen LogP contribution is -2.28. The van der Waals surface area contributed by atoms with E-state index in [1.54, 1.807) is 24.6 Å². The quantitative estimate of drug-likeness (QED) is 0.844. The zero-order chi connectivity index (χ0) is 13.4. The van der Waals surface area contributed by atoms with Gasteiger partial charge >= 0.3 is 0 Å². The molecule has 0 unspecified atom stereocenters. The Kier molecular flexibility index (Phi) is 3.45. The molecule has 2 aromatic rings. The van der Waals surface area contributed by atoms with Crippen molar-refractivity contribution >= 4 is 33.0 Å². The van der Waals surface area contributed by atoms with Crippen molar-refractivity contribution < 1.29 is 0 Å². The molecule has 0 spiro atoms. The first-order valence-electron chi connectivity index (χ1n) is 6.19. The van der Waals surface area contributed by atoms with Gasteiger partial charge in [0.1, 0.15) is 4.47 Å². The molecule has 0 bridgehead atoms. The molecule has 0 N–H and O–H groups in total. The fraction of sp³-hybridized carbons (Fsp3) is 0.385. The van der Waals surface area contributed by atoms with E-state index in [1.807, 2.05) is 0 Å². The van der Waals surface area contributed by atoms with Gasteiger partial charge in [0.15, 0.2) is 0 Å². The molecule has 100 valence electrons. The summed E-state index contributed by atoms with van der Waals surface area (Å²) in [4.78, 5) is 14.2. The zero-order valence-electron chi connectivity index (χ0n) is 10.5. The van der Waals surface area contributed by atoms with Gasteiger partial charge in [0.2, 0.25) is 0 Å². The van der Waals surface area contributed by atoms with Gasteiger partial charge in [-0.15, -0.1) is 0 Å². The fourth-order valence-electron chi connectivity index (χ4n) is 2.57. The molecule has 0 aromatic carbocycles. The van der Waals surface area contributed by atoms with Gasteiger partial charge in [0.25, 0.3) is 5.56 Å². The number of anilines is 1. The van der Waals surface area contributed by atoms with Crippen LogP contribution in [0.2, 0.25) is 0 Å². The minimum Gasteiger partial charge on any atom is -0.362 e. The highest BCUT2D eigenvalue weighted by Crippen LogP contribution is 2.38. The molecule has 6 heteroatoms. The van der Waals surface area contributed by atoms with Crippen LogP contribution in [-0.4, -0.2) is 16.3 Å². The van der Waals surface area contributed by atoms with E-state index in [-0.39, 0.29) is 5.56 Å². The van der Waals surface area contributed by atoms with Crippen LogP contribution in [0.4, 0.5) is 5.69 Å². The lowest BCUT2D eigenvalue weighted by Gasteiger charge is -2.26. The highest BCUT2D eigenvalue weighted by Gasteiger charge is 2.28. The van der Waals surface area contributed by atoms with E-state index in [1.165, 1.54) is 10.2 Å². The number of aromatic nitrogens is 2. The molecule has 1 atom stereocenters. The van der Waals surface area contributed by atoms with Crippen molar-refractivity contribution in [2.45, 2.75) is 18.9 Å². The maximum atomic E-state index is 12.0. The van der Waals surface area contributed by atoms with Gasteiger partial charge in [0.05, 0.1) is 17.9 Å². The van der Waals surface area contributed by atoms with Gasteiger partial charge < -0.3 is 4.90 Å². The minimum atomic E-state index is -0.0894. The first kappa shape index (κ1) is 12.9. The molecule has 2 aromatic heterocycles. The Labute approximate surface area is 123 Å². The molecule has 3 rings (SSSR count). The number of rotatable bonds is 2. The number of hydrogen-bond acceptors (Lipinski definition) is 4. The van der Waals surface area contributed by atoms with Gasteiger partial charge in [-0.25, -0.2) is 4.68 Å². The van der Waals surface area contributed by atoms with Crippen LogP contribution in [0.3, 0.4) is 0 Å². The lowest BCUT2D eigenvalue weighted by atomic mass is 10.1. The predicted molar refractivity (Wildman–Crippen MR) is 80.8 cm³/mol. The Morgan fingerprint density at radius 2 is 2.37 bits per heavy atom. The van der Waals surface area contributed by atoms with Crippen LogP contribution in [0.5, 0.6) is 0 Å². The summed E-state index contributed by atoms with van der Waals surface area (Å²) in [7, 11) is 1.66. The third kappa shape index (κ3) is 2.23. The average molecular weight is 340 g/mol. The summed E-state index contributed by atoms with van der Waals surface area (Å²) in [5.74, 6) is 0. The molecule has 0 aliphatic carbocycles. The summed E-state index contributed by atoms with van der Waals surface area (Å²) >= 11 is 5.13. The van der Waals surface area contributed by atoms with Crippen molar-refractivity contribution in [3.63, 3.8) is 0 Å². The summed E-state index contributed by atoms with van der Waals surface area (Å²) in [6.07, 6.45) is 4.04. The van der Waals surface area contributed by atoms with Crippen LogP contribution in [0.1, 0.15) is 24.4 Å². The Balaban J connectivity index is 2.02. The Bertz CT molecular complexity index is 638. The molecular weight excluding hydrogens is 326 g/mol. The molecule has 19 heavy (non-hydrogen) atoms. The van der Waals surface area contributed by atoms with Crippen LogP contribution < -0.4 is 10.5 Å². The molecule has 1 fully saturated rings. The number of nitrogens with zero attached hydrogens (tertiary/aromatic N) is 3. The number of halogens is 1. The third-order valence-electron chi connectivity index (χ3n) is 3.55. The summed E-state index contributed by atoms with van der Waals surface area (Å²) in [5, 5.41) is 8.42. The number of hydrogen-bond donors (Lipinski definition) is 0. The van der Waals surface area contributed by atoms with Crippen molar-refractivity contribution in [2.24, 2.45) is 7.05 Å². The van der Waals surface area contributed by atoms with Crippen LogP contribution in [-0.2, 0) is 7.05 Å². The van der Waals surface area contributed by atoms with E-state index in [9.17, 15) is 4.79 Å². The summed E-state index contributed by atoms with van der Waals surface area (Å²) < 4.78 is 1.95. The maximum absolute atomic E-state index is 12.0. The monoisotopic (exact) mass is 339 g/mol. The number of aryl methyl sites for hydroxylation is 1. The van der Waals surface area contributed by atoms with Crippen LogP contribution in [0.15, 0.2) is 32.3 Å². The highest BCUT2D eigenvalue weighted by atomic mass is 79.9. The van der Waals surface area contributed by atoms with Gasteiger partial charge in [-0.2, -0.15) is 16.4 Å². The second-order valence-electron chi connectivity index (χ2n) is 4.68. The minimum absolute atomic E-state index is 0.0894. The van der Waals surface area contributed by atoms with Gasteiger partial charge in [0, 0.05) is 13.6 Å². The smallest absolute Gasteiger partial charge is 0.282 e. The molecule has 1 aliphatic rings. The molecule has 0 saturated carbocycles. The van der Waals surface area contributed by atoms with Crippen LogP contribution in [0.25, 0.3) is 0 Å². The number of thiophene rings is 1. The van der Waals surface area contributed by atoms with E-state index in [0.717, 1.165) is 25.1 Å². The third-order valence-corrected chi connectivity index (χ3v) is 5.00. The van der Waals surface area contributed by atoms with Crippen LogP contribution >= 0.6 is 27.3 Å². The summed E-state index contributed by atoms with van der Waals surface area (Å²) in [6, 6.07) is 2.52. The second-order valence-corrected chi connectivity index (χ2v) is 6.25. The van der Waals surface area contributed by atoms with Crippen LogP contribution in [0, 0.1) is 0 Å². The normalized spacial score (nSPS) is 19.1. The van der Waals surface area contributed by atoms with E-state index in [2.05, 4.69) is 42.8 Å². The van der Waals surface area contributed by atoms with E-state index < -0.39 is 0 Å². The molecule has 3 heterocycles. The largest absolute Gasteiger partial charge is 0.362 e. The SMILES string of the molecule is Cn1ncc(N2CCC[C@H]2c2ccsc2)c(Br)c1=O. The van der Waals surface area contributed by atoms with E-state index in [4.69, 9.17) is 0 Å². The summed E-state index contributed by atoms with van der Waals surface area (Å²) in [6.45, 7) is 0.966. The molecule has 0 amide bonds. The molecule has 0 radical (unpaired) electrons. The maximum Gasteiger partial charge on any atom is 0.282 e. The predicted octanol–water partition coefficient (Wildman–Crippen LogP) is 2.95. The van der Waals surface area contributed by atoms with Gasteiger partial charge in [-0.05, 0) is 51.2 Å². The molecule has 1 aliphatic heterocycles. The average Bonchev–Trinajstić information content (AvgIpc) is 3.05. The van der Waals surface area contributed by atoms with E-state index in [0.29, 0.717) is 10.5 Å². The first-order chi connectivity index (χ1) is 9.18. The highest BCUT2D eigenvalue weighted by molar-refractivity contribution is 9.10. The van der Waals surface area contributed by atoms with Crippen molar-refractivity contribution in [3.8, 4) is 0 Å². The van der Waals surface area contributed by atoms with Crippen molar-refractivity contribution in [3.05, 3.63) is 43.4 Å². The Morgan fingerprint density at radius 1 is 1.53 bits per heavy atom. The van der Waals surface area contributed by atoms with Crippen molar-refractivity contribution in [2.75, 3.05) is 11.4 Å². The van der Waals surface area contributed by atoms with Gasteiger partial charge in [-0.3, -0.25) is 4.79 Å². The lowest BCUT2D eigenvalue weighted by molar-refractivity contribution is 0.681. The fourth-order valence-corrected chi connectivity index (χ4v) is 3.86. The molecule has 1 saturated heterocycles. The van der Waals surface area contributed by atoms with Crippen molar-refractivity contribution in [1.29, 1.82) is 0 Å². The van der Waals surface area contributed by atoms with E-state index >= 15 is 0 Å². The Hall–Kier alpha value is -1.14. The topological polar surface area (TPSA) is 38.1 Å². The zero-order valence-corrected chi connectivity index (χ0v) is 12.9. The summed E-state index contributed by atoms with van der Waals surface area (Å²) in [5.41, 5.74) is 2.14. The molecule has 4 nitrogen and oxygen atoms in total. The van der Waals surface area contributed by atoms with Gasteiger partial charge in [-0.1, -0.05) is 0 Å². The first-order valence-corrected chi connectivity index (χ1v) is 7.92.